The Hall–Kier alpha value is -3.05. The summed E-state index contributed by atoms with van der Waals surface area (Å²) in [6.45, 7) is 1.41. The summed E-state index contributed by atoms with van der Waals surface area (Å²) in [5, 5.41) is -0.612. The molecular weight excluding hydrogens is 470 g/mol. The largest absolute Gasteiger partial charge is 0.463 e. The van der Waals surface area contributed by atoms with Crippen LogP contribution in [0, 0.1) is 5.13 Å². The Balaban J connectivity index is 1.94. The van der Waals surface area contributed by atoms with Crippen LogP contribution in [0.3, 0.4) is 0 Å². The first-order chi connectivity index (χ1) is 15.0. The van der Waals surface area contributed by atoms with Gasteiger partial charge in [0.05, 0.1) is 32.9 Å². The fourth-order valence-corrected chi connectivity index (χ4v) is 4.90. The molecule has 0 aliphatic carbocycles. The van der Waals surface area contributed by atoms with E-state index in [4.69, 9.17) is 4.42 Å². The predicted octanol–water partition coefficient (Wildman–Crippen LogP) is 5.54. The Labute approximate surface area is 182 Å². The first-order valence-electron chi connectivity index (χ1n) is 9.13. The number of hydrogen-bond acceptors (Lipinski definition) is 6. The molecular formula is C21H13F4NO4S2. The van der Waals surface area contributed by atoms with Crippen LogP contribution in [0.2, 0.25) is 0 Å². The van der Waals surface area contributed by atoms with Crippen molar-refractivity contribution in [3.63, 3.8) is 0 Å². The Morgan fingerprint density at radius 2 is 1.88 bits per heavy atom. The van der Waals surface area contributed by atoms with E-state index in [1.54, 1.807) is 0 Å². The van der Waals surface area contributed by atoms with Crippen LogP contribution in [0.15, 0.2) is 63.0 Å². The van der Waals surface area contributed by atoms with E-state index in [0.29, 0.717) is 16.5 Å². The van der Waals surface area contributed by atoms with Crippen molar-refractivity contribution in [1.29, 1.82) is 0 Å². The predicted molar refractivity (Wildman–Crippen MR) is 112 cm³/mol. The van der Waals surface area contributed by atoms with Gasteiger partial charge in [-0.15, -0.1) is 11.3 Å². The normalized spacial score (nSPS) is 12.4. The van der Waals surface area contributed by atoms with E-state index >= 15 is 0 Å². The molecule has 1 aromatic carbocycles. The van der Waals surface area contributed by atoms with Crippen molar-refractivity contribution in [1.82, 2.24) is 4.98 Å². The second-order valence-electron chi connectivity index (χ2n) is 6.77. The number of thiophene rings is 1. The number of halogens is 4. The van der Waals surface area contributed by atoms with Gasteiger partial charge in [-0.2, -0.15) is 17.6 Å². The summed E-state index contributed by atoms with van der Waals surface area (Å²) in [5.41, 5.74) is -2.07. The standard InChI is InChI=1S/C21H13F4NO4S2/c1-2-32(28,29)17-7-11(16-5-6-18(22)31-16)9-26-19(17)14-10-30-15-8-12(21(23,24)25)3-4-13(15)20(14)27/h3-10H,2H2,1H3. The smallest absolute Gasteiger partial charge is 0.416 e. The molecule has 4 rings (SSSR count). The lowest BCUT2D eigenvalue weighted by molar-refractivity contribution is -0.137. The number of nitrogens with zero attached hydrogens (tertiary/aromatic N) is 1. The van der Waals surface area contributed by atoms with E-state index in [1.165, 1.54) is 31.3 Å². The number of alkyl halides is 3. The van der Waals surface area contributed by atoms with Crippen LogP contribution in [0.5, 0.6) is 0 Å². The van der Waals surface area contributed by atoms with E-state index in [2.05, 4.69) is 4.98 Å². The number of rotatable bonds is 4. The van der Waals surface area contributed by atoms with Gasteiger partial charge in [0.15, 0.2) is 15.0 Å². The molecule has 0 bridgehead atoms. The molecule has 0 saturated carbocycles. The fraction of sp³-hybridized carbons (Fsp3) is 0.143. The molecule has 4 aromatic rings. The van der Waals surface area contributed by atoms with Crippen LogP contribution in [-0.4, -0.2) is 19.2 Å². The van der Waals surface area contributed by atoms with Crippen LogP contribution >= 0.6 is 11.3 Å². The maximum Gasteiger partial charge on any atom is 0.416 e. The second-order valence-corrected chi connectivity index (χ2v) is 10.0. The highest BCUT2D eigenvalue weighted by atomic mass is 32.2. The number of fused-ring (bicyclic) bond motifs is 1. The number of sulfone groups is 1. The Kier molecular flexibility index (Phi) is 5.41. The first kappa shape index (κ1) is 22.2. The van der Waals surface area contributed by atoms with Crippen LogP contribution in [-0.2, 0) is 16.0 Å². The first-order valence-corrected chi connectivity index (χ1v) is 11.6. The van der Waals surface area contributed by atoms with Crippen LogP contribution in [0.25, 0.3) is 32.7 Å². The van der Waals surface area contributed by atoms with Gasteiger partial charge in [0.25, 0.3) is 0 Å². The van der Waals surface area contributed by atoms with Gasteiger partial charge in [-0.3, -0.25) is 9.78 Å². The van der Waals surface area contributed by atoms with Crippen molar-refractivity contribution in [2.24, 2.45) is 0 Å². The molecule has 11 heteroatoms. The molecule has 3 aromatic heterocycles. The van der Waals surface area contributed by atoms with Crippen molar-refractivity contribution >= 4 is 32.1 Å². The summed E-state index contributed by atoms with van der Waals surface area (Å²) in [6.07, 6.45) is -2.43. The summed E-state index contributed by atoms with van der Waals surface area (Å²) < 4.78 is 83.0. The van der Waals surface area contributed by atoms with Crippen LogP contribution < -0.4 is 5.43 Å². The van der Waals surface area contributed by atoms with Gasteiger partial charge in [0, 0.05) is 16.6 Å². The maximum absolute atomic E-state index is 13.4. The topological polar surface area (TPSA) is 77.2 Å². The molecule has 0 aliphatic heterocycles. The molecule has 166 valence electrons. The van der Waals surface area contributed by atoms with Crippen LogP contribution in [0.4, 0.5) is 17.6 Å². The third-order valence-corrected chi connectivity index (χ3v) is 7.45. The number of aromatic nitrogens is 1. The average molecular weight is 483 g/mol. The van der Waals surface area contributed by atoms with Gasteiger partial charge in [0.1, 0.15) is 11.8 Å². The van der Waals surface area contributed by atoms with E-state index in [1.807, 2.05) is 0 Å². The zero-order valence-corrected chi connectivity index (χ0v) is 17.9. The van der Waals surface area contributed by atoms with E-state index in [-0.39, 0.29) is 32.9 Å². The molecule has 0 spiro atoms. The third-order valence-electron chi connectivity index (χ3n) is 4.78. The van der Waals surface area contributed by atoms with Crippen LogP contribution in [0.1, 0.15) is 12.5 Å². The van der Waals surface area contributed by atoms with Crippen molar-refractivity contribution in [2.45, 2.75) is 18.0 Å². The van der Waals surface area contributed by atoms with E-state index < -0.39 is 32.1 Å². The van der Waals surface area contributed by atoms with Crippen molar-refractivity contribution < 1.29 is 30.4 Å². The molecule has 3 heterocycles. The molecule has 32 heavy (non-hydrogen) atoms. The van der Waals surface area contributed by atoms with E-state index in [0.717, 1.165) is 29.7 Å². The molecule has 5 nitrogen and oxygen atoms in total. The highest BCUT2D eigenvalue weighted by Gasteiger charge is 2.31. The Morgan fingerprint density at radius 3 is 2.50 bits per heavy atom. The zero-order valence-electron chi connectivity index (χ0n) is 16.2. The van der Waals surface area contributed by atoms with Crippen molar-refractivity contribution in [3.05, 3.63) is 69.8 Å². The van der Waals surface area contributed by atoms with Crippen molar-refractivity contribution in [2.75, 3.05) is 5.75 Å². The van der Waals surface area contributed by atoms with E-state index in [9.17, 15) is 30.8 Å². The van der Waals surface area contributed by atoms with Crippen molar-refractivity contribution in [3.8, 4) is 21.7 Å². The second kappa shape index (κ2) is 7.82. The molecule has 0 unspecified atom stereocenters. The molecule has 0 saturated heterocycles. The third kappa shape index (κ3) is 3.93. The SMILES string of the molecule is CCS(=O)(=O)c1cc(-c2ccc(F)s2)cnc1-c1coc2cc(C(F)(F)F)ccc2c1=O. The Morgan fingerprint density at radius 1 is 1.12 bits per heavy atom. The molecule has 0 aliphatic rings. The number of pyridine rings is 1. The molecule has 0 atom stereocenters. The van der Waals surface area contributed by atoms with Gasteiger partial charge >= 0.3 is 6.18 Å². The van der Waals surface area contributed by atoms with Gasteiger partial charge in [0.2, 0.25) is 5.43 Å². The number of benzene rings is 1. The summed E-state index contributed by atoms with van der Waals surface area (Å²) >= 11 is 0.804. The Bertz CT molecular complexity index is 1500. The van der Waals surface area contributed by atoms with Gasteiger partial charge in [-0.05, 0) is 36.4 Å². The van der Waals surface area contributed by atoms with Gasteiger partial charge in [-0.25, -0.2) is 8.42 Å². The maximum atomic E-state index is 13.4. The van der Waals surface area contributed by atoms with Gasteiger partial charge < -0.3 is 4.42 Å². The summed E-state index contributed by atoms with van der Waals surface area (Å²) in [7, 11) is -3.88. The van der Waals surface area contributed by atoms with Gasteiger partial charge in [-0.1, -0.05) is 6.92 Å². The summed E-state index contributed by atoms with van der Waals surface area (Å²) in [6, 6.07) is 6.42. The number of hydrogen-bond donors (Lipinski definition) is 0. The highest BCUT2D eigenvalue weighted by molar-refractivity contribution is 7.91. The fourth-order valence-electron chi connectivity index (χ4n) is 3.11. The minimum Gasteiger partial charge on any atom is -0.463 e. The minimum atomic E-state index is -4.62. The lowest BCUT2D eigenvalue weighted by Gasteiger charge is -2.11. The minimum absolute atomic E-state index is 0.151. The average Bonchev–Trinajstić information content (AvgIpc) is 3.19. The molecule has 0 fully saturated rings. The highest BCUT2D eigenvalue weighted by Crippen LogP contribution is 2.34. The molecule has 0 radical (unpaired) electrons. The molecule has 0 amide bonds. The zero-order chi connectivity index (χ0) is 23.3. The quantitative estimate of drug-likeness (QED) is 0.357. The summed E-state index contributed by atoms with van der Waals surface area (Å²) in [4.78, 5) is 17.3. The monoisotopic (exact) mass is 483 g/mol. The lowest BCUT2D eigenvalue weighted by Crippen LogP contribution is -2.12. The summed E-state index contributed by atoms with van der Waals surface area (Å²) in [5.74, 6) is -0.294. The lowest BCUT2D eigenvalue weighted by atomic mass is 10.1. The molecule has 0 N–H and O–H groups in total.